The fraction of sp³-hybridized carbons (Fsp3) is 0. The molecule has 0 saturated heterocycles. The Balaban J connectivity index is 1.21. The Bertz CT molecular complexity index is 3250. The Hall–Kier alpha value is -8.21. The van der Waals surface area contributed by atoms with Crippen LogP contribution in [-0.2, 0) is 0 Å². The van der Waals surface area contributed by atoms with Crippen LogP contribution in [-0.4, -0.2) is 19.6 Å². The van der Waals surface area contributed by atoms with Crippen LogP contribution in [0.3, 0.4) is 0 Å². The van der Waals surface area contributed by atoms with Gasteiger partial charge in [0, 0.05) is 38.8 Å². The molecule has 0 bridgehead atoms. The Morgan fingerprint density at radius 1 is 0.311 bits per heavy atom. The average molecular weight is 779 g/mol. The van der Waals surface area contributed by atoms with Crippen molar-refractivity contribution in [2.24, 2.45) is 0 Å². The first-order valence-electron chi connectivity index (χ1n) is 20.6. The SMILES string of the molecule is c1ccc(-c2cc(-c3ccccc3)cc(-c3cc(-c4cccc5c4cc(-c4ccccc4)n4nc(-c6ccccc6)c(-c6ccccc6)c54)nc(-c4ccccc4)n3)c2)cc1. The third kappa shape index (κ3) is 6.76. The highest BCUT2D eigenvalue weighted by Crippen LogP contribution is 2.43. The molecular formula is C57H38N4. The van der Waals surface area contributed by atoms with Crippen LogP contribution in [0, 0.1) is 0 Å². The van der Waals surface area contributed by atoms with Crippen molar-refractivity contribution in [3.8, 4) is 89.8 Å². The van der Waals surface area contributed by atoms with Crippen molar-refractivity contribution in [2.75, 3.05) is 0 Å². The van der Waals surface area contributed by atoms with E-state index in [2.05, 4.69) is 217 Å². The molecule has 0 fully saturated rings. The number of benzene rings is 8. The highest BCUT2D eigenvalue weighted by Gasteiger charge is 2.23. The molecule has 4 nitrogen and oxygen atoms in total. The lowest BCUT2D eigenvalue weighted by Crippen LogP contribution is -1.99. The molecule has 0 amide bonds. The van der Waals surface area contributed by atoms with E-state index >= 15 is 0 Å². The summed E-state index contributed by atoms with van der Waals surface area (Å²) in [7, 11) is 0. The van der Waals surface area contributed by atoms with Gasteiger partial charge in [-0.25, -0.2) is 14.5 Å². The van der Waals surface area contributed by atoms with Gasteiger partial charge in [-0.15, -0.1) is 0 Å². The molecule has 0 unspecified atom stereocenters. The second-order valence-corrected chi connectivity index (χ2v) is 15.2. The number of aromatic nitrogens is 4. The van der Waals surface area contributed by atoms with E-state index in [0.29, 0.717) is 5.82 Å². The topological polar surface area (TPSA) is 43.1 Å². The maximum absolute atomic E-state index is 5.45. The molecule has 61 heavy (non-hydrogen) atoms. The van der Waals surface area contributed by atoms with Crippen molar-refractivity contribution in [1.82, 2.24) is 19.6 Å². The standard InChI is InChI=1S/C57H38N4/c1-7-20-39(21-8-1)45-34-46(40-22-9-2-10-23-40)36-47(35-45)51-38-52(59-57(58-51)44-30-17-6-18-31-44)48-32-19-33-49-50(48)37-53(41-24-11-3-12-25-41)61-56(49)54(42-26-13-4-14-27-42)55(60-61)43-28-15-5-16-29-43/h1-38H. The van der Waals surface area contributed by atoms with Gasteiger partial charge in [0.1, 0.15) is 5.69 Å². The zero-order valence-electron chi connectivity index (χ0n) is 33.2. The molecule has 11 aromatic rings. The third-order valence-electron chi connectivity index (χ3n) is 11.4. The minimum atomic E-state index is 0.668. The van der Waals surface area contributed by atoms with E-state index in [9.17, 15) is 0 Å². The van der Waals surface area contributed by atoms with Gasteiger partial charge < -0.3 is 0 Å². The van der Waals surface area contributed by atoms with Gasteiger partial charge in [0.15, 0.2) is 5.82 Å². The maximum atomic E-state index is 5.45. The Labute approximate surface area is 354 Å². The lowest BCUT2D eigenvalue weighted by molar-refractivity contribution is 0.979. The molecule has 3 aromatic heterocycles. The van der Waals surface area contributed by atoms with Crippen LogP contribution in [0.5, 0.6) is 0 Å². The first-order valence-corrected chi connectivity index (χ1v) is 20.6. The molecule has 3 heterocycles. The normalized spacial score (nSPS) is 11.3. The molecule has 0 aliphatic rings. The Morgan fingerprint density at radius 3 is 1.36 bits per heavy atom. The Morgan fingerprint density at radius 2 is 0.787 bits per heavy atom. The van der Waals surface area contributed by atoms with E-state index in [0.717, 1.165) is 100 Å². The van der Waals surface area contributed by atoms with Gasteiger partial charge in [0.05, 0.1) is 22.6 Å². The number of hydrogen-bond donors (Lipinski definition) is 0. The predicted octanol–water partition coefficient (Wildman–Crippen LogP) is 14.6. The number of nitrogens with zero attached hydrogens (tertiary/aromatic N) is 4. The van der Waals surface area contributed by atoms with Gasteiger partial charge in [-0.1, -0.05) is 200 Å². The minimum Gasteiger partial charge on any atom is -0.231 e. The van der Waals surface area contributed by atoms with Crippen molar-refractivity contribution in [1.29, 1.82) is 0 Å². The van der Waals surface area contributed by atoms with Gasteiger partial charge in [-0.3, -0.25) is 0 Å². The predicted molar refractivity (Wildman–Crippen MR) is 252 cm³/mol. The van der Waals surface area contributed by atoms with E-state index in [1.807, 2.05) is 18.2 Å². The zero-order chi connectivity index (χ0) is 40.5. The highest BCUT2D eigenvalue weighted by atomic mass is 15.2. The summed E-state index contributed by atoms with van der Waals surface area (Å²) in [5.41, 5.74) is 16.5. The third-order valence-corrected chi connectivity index (χ3v) is 11.4. The van der Waals surface area contributed by atoms with Crippen molar-refractivity contribution in [3.63, 3.8) is 0 Å². The first kappa shape index (κ1) is 35.9. The molecule has 0 N–H and O–H groups in total. The number of pyridine rings is 1. The molecule has 0 atom stereocenters. The molecule has 0 saturated carbocycles. The molecule has 4 heteroatoms. The molecule has 0 aliphatic heterocycles. The Kier molecular flexibility index (Phi) is 9.14. The maximum Gasteiger partial charge on any atom is 0.160 e. The van der Waals surface area contributed by atoms with Crippen molar-refractivity contribution < 1.29 is 0 Å². The van der Waals surface area contributed by atoms with E-state index in [1.165, 1.54) is 0 Å². The van der Waals surface area contributed by atoms with Crippen molar-refractivity contribution >= 4 is 16.3 Å². The minimum absolute atomic E-state index is 0.668. The number of fused-ring (bicyclic) bond motifs is 3. The first-order chi connectivity index (χ1) is 30.2. The van der Waals surface area contributed by atoms with Gasteiger partial charge >= 0.3 is 0 Å². The zero-order valence-corrected chi connectivity index (χ0v) is 33.2. The molecule has 11 rings (SSSR count). The molecular weight excluding hydrogens is 741 g/mol. The molecule has 286 valence electrons. The van der Waals surface area contributed by atoms with E-state index in [-0.39, 0.29) is 0 Å². The summed E-state index contributed by atoms with van der Waals surface area (Å²) in [4.78, 5) is 10.7. The van der Waals surface area contributed by atoms with Crippen LogP contribution in [0.15, 0.2) is 231 Å². The quantitative estimate of drug-likeness (QED) is 0.154. The summed E-state index contributed by atoms with van der Waals surface area (Å²) < 4.78 is 2.15. The van der Waals surface area contributed by atoms with Crippen LogP contribution in [0.4, 0.5) is 0 Å². The van der Waals surface area contributed by atoms with E-state index in [1.54, 1.807) is 0 Å². The second kappa shape index (κ2) is 15.5. The second-order valence-electron chi connectivity index (χ2n) is 15.2. The summed E-state index contributed by atoms with van der Waals surface area (Å²) in [5.74, 6) is 0.668. The molecule has 0 spiro atoms. The van der Waals surface area contributed by atoms with Crippen LogP contribution in [0.25, 0.3) is 106 Å². The average Bonchev–Trinajstić information content (AvgIpc) is 3.76. The number of hydrogen-bond acceptors (Lipinski definition) is 3. The molecule has 0 aliphatic carbocycles. The van der Waals surface area contributed by atoms with Gasteiger partial charge in [-0.05, 0) is 63.5 Å². The monoisotopic (exact) mass is 778 g/mol. The van der Waals surface area contributed by atoms with Gasteiger partial charge in [0.2, 0.25) is 0 Å². The summed E-state index contributed by atoms with van der Waals surface area (Å²) in [6, 6.07) is 81.0. The summed E-state index contributed by atoms with van der Waals surface area (Å²) in [5, 5.41) is 7.62. The van der Waals surface area contributed by atoms with Gasteiger partial charge in [0.25, 0.3) is 0 Å². The van der Waals surface area contributed by atoms with Crippen LogP contribution in [0.2, 0.25) is 0 Å². The lowest BCUT2D eigenvalue weighted by Gasteiger charge is -2.15. The highest BCUT2D eigenvalue weighted by molar-refractivity contribution is 6.12. The van der Waals surface area contributed by atoms with Crippen molar-refractivity contribution in [3.05, 3.63) is 231 Å². The van der Waals surface area contributed by atoms with Crippen LogP contribution < -0.4 is 0 Å². The smallest absolute Gasteiger partial charge is 0.160 e. The molecule has 8 aromatic carbocycles. The van der Waals surface area contributed by atoms with Gasteiger partial charge in [-0.2, -0.15) is 5.10 Å². The summed E-state index contributed by atoms with van der Waals surface area (Å²) >= 11 is 0. The van der Waals surface area contributed by atoms with Crippen molar-refractivity contribution in [2.45, 2.75) is 0 Å². The number of rotatable bonds is 8. The van der Waals surface area contributed by atoms with Crippen LogP contribution in [0.1, 0.15) is 0 Å². The lowest BCUT2D eigenvalue weighted by atomic mass is 9.93. The fourth-order valence-corrected chi connectivity index (χ4v) is 8.50. The van der Waals surface area contributed by atoms with E-state index in [4.69, 9.17) is 15.1 Å². The fourth-order valence-electron chi connectivity index (χ4n) is 8.50. The summed E-state index contributed by atoms with van der Waals surface area (Å²) in [6.07, 6.45) is 0. The largest absolute Gasteiger partial charge is 0.231 e. The van der Waals surface area contributed by atoms with Crippen LogP contribution >= 0.6 is 0 Å². The summed E-state index contributed by atoms with van der Waals surface area (Å²) in [6.45, 7) is 0. The van der Waals surface area contributed by atoms with E-state index < -0.39 is 0 Å². The molecule has 0 radical (unpaired) electrons.